The van der Waals surface area contributed by atoms with Gasteiger partial charge in [0, 0.05) is 24.7 Å². The van der Waals surface area contributed by atoms with E-state index in [0.717, 1.165) is 90.0 Å². The van der Waals surface area contributed by atoms with Crippen molar-refractivity contribution < 1.29 is 19.0 Å². The number of methoxy groups -OCH3 is 2. The first-order valence-corrected chi connectivity index (χ1v) is 14.9. The molecular weight excluding hydrogens is 516 g/mol. The highest BCUT2D eigenvalue weighted by Gasteiger charge is 2.26. The minimum absolute atomic E-state index is 0.00453. The van der Waals surface area contributed by atoms with Crippen LogP contribution in [0.2, 0.25) is 0 Å². The second-order valence-corrected chi connectivity index (χ2v) is 10.5. The molecule has 7 nitrogen and oxygen atoms in total. The number of hydrogen-bond donors (Lipinski definition) is 0. The Kier molecular flexibility index (Phi) is 12.6. The van der Waals surface area contributed by atoms with Gasteiger partial charge in [-0.3, -0.25) is 9.36 Å². The minimum atomic E-state index is -0.867. The summed E-state index contributed by atoms with van der Waals surface area (Å²) in [6.45, 7) is 9.23. The lowest BCUT2D eigenvalue weighted by atomic mass is 9.94. The number of rotatable bonds is 16. The maximum absolute atomic E-state index is 13.8. The van der Waals surface area contributed by atoms with Gasteiger partial charge in [0.2, 0.25) is 6.10 Å². The van der Waals surface area contributed by atoms with Crippen molar-refractivity contribution >= 4 is 5.97 Å². The van der Waals surface area contributed by atoms with E-state index in [-0.39, 0.29) is 5.56 Å². The molecule has 0 saturated carbocycles. The molecule has 222 valence electrons. The van der Waals surface area contributed by atoms with E-state index in [1.54, 1.807) is 11.7 Å². The van der Waals surface area contributed by atoms with Gasteiger partial charge in [-0.15, -0.1) is 0 Å². The summed E-state index contributed by atoms with van der Waals surface area (Å²) in [6.07, 6.45) is 5.81. The highest BCUT2D eigenvalue weighted by molar-refractivity contribution is 5.77. The number of ether oxygens (including phenoxy) is 3. The molecule has 0 N–H and O–H groups in total. The van der Waals surface area contributed by atoms with Crippen molar-refractivity contribution in [2.75, 3.05) is 20.8 Å². The van der Waals surface area contributed by atoms with Gasteiger partial charge < -0.3 is 14.2 Å². The minimum Gasteiger partial charge on any atom is -0.473 e. The molecule has 3 aromatic rings. The van der Waals surface area contributed by atoms with E-state index in [1.807, 2.05) is 37.3 Å². The van der Waals surface area contributed by atoms with Gasteiger partial charge in [0.15, 0.2) is 0 Å². The fourth-order valence-electron chi connectivity index (χ4n) is 5.23. The topological polar surface area (TPSA) is 79.7 Å². The predicted molar refractivity (Wildman–Crippen MR) is 163 cm³/mol. The molecule has 0 amide bonds. The van der Waals surface area contributed by atoms with Gasteiger partial charge in [0.1, 0.15) is 11.6 Å². The van der Waals surface area contributed by atoms with Crippen molar-refractivity contribution in [3.05, 3.63) is 92.2 Å². The maximum Gasteiger partial charge on any atom is 0.351 e. The lowest BCUT2D eigenvalue weighted by molar-refractivity contribution is -0.149. The van der Waals surface area contributed by atoms with Crippen LogP contribution in [0.5, 0.6) is 5.75 Å². The molecule has 0 aliphatic carbocycles. The Hall–Kier alpha value is -3.45. The van der Waals surface area contributed by atoms with Gasteiger partial charge in [0.25, 0.3) is 5.56 Å². The van der Waals surface area contributed by atoms with Crippen LogP contribution in [0.15, 0.2) is 47.3 Å². The Bertz CT molecular complexity index is 1310. The summed E-state index contributed by atoms with van der Waals surface area (Å²) >= 11 is 0. The molecule has 0 aliphatic rings. The molecule has 3 rings (SSSR count). The second kappa shape index (κ2) is 16.1. The molecule has 1 unspecified atom stereocenters. The molecule has 1 aromatic heterocycles. The molecule has 2 aromatic carbocycles. The zero-order chi connectivity index (χ0) is 29.8. The van der Waals surface area contributed by atoms with E-state index < -0.39 is 12.1 Å². The number of nitrogens with zero attached hydrogens (tertiary/aromatic N) is 2. The van der Waals surface area contributed by atoms with Crippen LogP contribution in [0.4, 0.5) is 0 Å². The fourth-order valence-corrected chi connectivity index (χ4v) is 5.23. The van der Waals surface area contributed by atoms with Crippen LogP contribution in [-0.2, 0) is 46.5 Å². The Morgan fingerprint density at radius 3 is 2.17 bits per heavy atom. The summed E-state index contributed by atoms with van der Waals surface area (Å²) in [5, 5.41) is 0. The average Bonchev–Trinajstić information content (AvgIpc) is 2.97. The van der Waals surface area contributed by atoms with Crippen LogP contribution in [-0.4, -0.2) is 36.3 Å². The number of unbranched alkanes of at least 4 members (excludes halogenated alkanes) is 1. The molecule has 1 atom stereocenters. The number of benzene rings is 2. The summed E-state index contributed by atoms with van der Waals surface area (Å²) in [4.78, 5) is 31.5. The number of esters is 1. The summed E-state index contributed by atoms with van der Waals surface area (Å²) in [7, 11) is 3.02. The van der Waals surface area contributed by atoms with Gasteiger partial charge in [-0.25, -0.2) is 9.78 Å². The quantitative estimate of drug-likeness (QED) is 0.190. The Labute approximate surface area is 244 Å². The molecule has 0 spiro atoms. The van der Waals surface area contributed by atoms with Gasteiger partial charge in [-0.05, 0) is 49.3 Å². The Morgan fingerprint density at radius 2 is 1.61 bits per heavy atom. The molecule has 1 heterocycles. The lowest BCUT2D eigenvalue weighted by Gasteiger charge is -2.23. The van der Waals surface area contributed by atoms with E-state index in [9.17, 15) is 9.59 Å². The third-order valence-corrected chi connectivity index (χ3v) is 7.30. The highest BCUT2D eigenvalue weighted by Crippen LogP contribution is 2.34. The van der Waals surface area contributed by atoms with E-state index in [2.05, 4.69) is 32.9 Å². The van der Waals surface area contributed by atoms with E-state index in [4.69, 9.17) is 19.2 Å². The molecule has 7 heteroatoms. The fraction of sp³-hybridized carbons (Fsp3) is 0.500. The number of carbonyl (C=O) groups excluding carboxylic acids is 1. The second-order valence-electron chi connectivity index (χ2n) is 10.5. The Balaban J connectivity index is 2.12. The zero-order valence-electron chi connectivity index (χ0n) is 25.6. The van der Waals surface area contributed by atoms with Crippen molar-refractivity contribution in [1.29, 1.82) is 0 Å². The molecule has 0 radical (unpaired) electrons. The molecule has 0 aliphatic heterocycles. The van der Waals surface area contributed by atoms with Crippen LogP contribution < -0.4 is 10.3 Å². The van der Waals surface area contributed by atoms with Gasteiger partial charge >= 0.3 is 5.97 Å². The standard InChI is InChI=1S/C34H46N2O5/c1-7-10-18-30-29(33(37)36(19-20-39-5)24(4)35-30)23-25-21-27(14-8-2)31(28(22-25)15-9-3)41-32(34(38)40-6)26-16-12-11-13-17-26/h11-13,16-17,21-22,32H,7-10,14-15,18-20,23H2,1-6H3. The van der Waals surface area contributed by atoms with Crippen molar-refractivity contribution in [1.82, 2.24) is 9.55 Å². The van der Waals surface area contributed by atoms with E-state index in [0.29, 0.717) is 19.6 Å². The first-order valence-electron chi connectivity index (χ1n) is 14.9. The number of hydrogen-bond acceptors (Lipinski definition) is 6. The monoisotopic (exact) mass is 562 g/mol. The molecular formula is C34H46N2O5. The van der Waals surface area contributed by atoms with E-state index >= 15 is 0 Å². The van der Waals surface area contributed by atoms with Crippen LogP contribution >= 0.6 is 0 Å². The van der Waals surface area contributed by atoms with Gasteiger partial charge in [-0.2, -0.15) is 0 Å². The van der Waals surface area contributed by atoms with Crippen molar-refractivity contribution in [2.45, 2.75) is 91.7 Å². The largest absolute Gasteiger partial charge is 0.473 e. The van der Waals surface area contributed by atoms with Crippen LogP contribution in [0, 0.1) is 6.92 Å². The highest BCUT2D eigenvalue weighted by atomic mass is 16.6. The first kappa shape index (κ1) is 32.1. The maximum atomic E-state index is 13.8. The average molecular weight is 563 g/mol. The van der Waals surface area contributed by atoms with Crippen molar-refractivity contribution in [3.63, 3.8) is 0 Å². The molecule has 0 saturated heterocycles. The molecule has 0 bridgehead atoms. The summed E-state index contributed by atoms with van der Waals surface area (Å²) in [6, 6.07) is 13.7. The summed E-state index contributed by atoms with van der Waals surface area (Å²) in [5.41, 5.74) is 5.50. The molecule has 41 heavy (non-hydrogen) atoms. The lowest BCUT2D eigenvalue weighted by Crippen LogP contribution is -2.30. The molecule has 0 fully saturated rings. The van der Waals surface area contributed by atoms with Crippen LogP contribution in [0.3, 0.4) is 0 Å². The number of carbonyl (C=O) groups is 1. The smallest absolute Gasteiger partial charge is 0.351 e. The predicted octanol–water partition coefficient (Wildman–Crippen LogP) is 6.33. The Morgan fingerprint density at radius 1 is 0.951 bits per heavy atom. The number of aryl methyl sites for hydroxylation is 4. The normalized spacial score (nSPS) is 11.9. The van der Waals surface area contributed by atoms with Gasteiger partial charge in [-0.1, -0.05) is 82.5 Å². The third kappa shape index (κ3) is 8.29. The van der Waals surface area contributed by atoms with Crippen molar-refractivity contribution in [3.8, 4) is 5.75 Å². The third-order valence-electron chi connectivity index (χ3n) is 7.30. The summed E-state index contributed by atoms with van der Waals surface area (Å²) in [5.74, 6) is 1.02. The summed E-state index contributed by atoms with van der Waals surface area (Å²) < 4.78 is 18.7. The van der Waals surface area contributed by atoms with Crippen molar-refractivity contribution in [2.24, 2.45) is 0 Å². The van der Waals surface area contributed by atoms with Crippen LogP contribution in [0.25, 0.3) is 0 Å². The van der Waals surface area contributed by atoms with Gasteiger partial charge in [0.05, 0.1) is 26.0 Å². The zero-order valence-corrected chi connectivity index (χ0v) is 25.6. The van der Waals surface area contributed by atoms with E-state index in [1.165, 1.54) is 7.11 Å². The van der Waals surface area contributed by atoms with Crippen LogP contribution in [0.1, 0.15) is 91.9 Å². The first-order chi connectivity index (χ1) is 19.9. The number of aromatic nitrogens is 2. The SMILES string of the molecule is CCCCc1nc(C)n(CCOC)c(=O)c1Cc1cc(CCC)c(OC(C(=O)OC)c2ccccc2)c(CCC)c1.